The van der Waals surface area contributed by atoms with Crippen molar-refractivity contribution in [2.45, 2.75) is 188 Å². The maximum atomic E-state index is 12.8. The van der Waals surface area contributed by atoms with Crippen LogP contribution in [0, 0.1) is 29.6 Å². The topological polar surface area (TPSA) is 96.0 Å². The predicted octanol–water partition coefficient (Wildman–Crippen LogP) is 11.2. The third kappa shape index (κ3) is 18.3. The lowest BCUT2D eigenvalue weighted by molar-refractivity contribution is -0.155. The van der Waals surface area contributed by atoms with E-state index < -0.39 is 17.9 Å². The summed E-state index contributed by atoms with van der Waals surface area (Å²) < 4.78 is 16.9. The van der Waals surface area contributed by atoms with Gasteiger partial charge in [0.2, 0.25) is 0 Å². The molecular formula is C43H72O7. The first-order valence-electron chi connectivity index (χ1n) is 20.8. The number of allylic oxidation sites excluding steroid dienone is 2. The molecule has 2 aliphatic heterocycles. The molecule has 6 unspecified atom stereocenters. The molecule has 0 radical (unpaired) electrons. The molecule has 2 rings (SSSR count). The smallest absolute Gasteiger partial charge is 0.317 e. The highest BCUT2D eigenvalue weighted by Crippen LogP contribution is 2.36. The largest absolute Gasteiger partial charge is 0.393 e. The fraction of sp³-hybridized carbons (Fsp3) is 0.814. The highest BCUT2D eigenvalue weighted by atomic mass is 16.6. The van der Waals surface area contributed by atoms with Gasteiger partial charge in [0.15, 0.2) is 0 Å². The number of carbonyl (C=O) groups is 4. The van der Waals surface area contributed by atoms with E-state index in [0.717, 1.165) is 77.0 Å². The Morgan fingerprint density at radius 3 is 1.48 bits per heavy atom. The van der Waals surface area contributed by atoms with Crippen molar-refractivity contribution >= 4 is 23.9 Å². The third-order valence-electron chi connectivity index (χ3n) is 10.7. The van der Waals surface area contributed by atoms with Gasteiger partial charge in [0.25, 0.3) is 0 Å². The molecule has 7 heteroatoms. The fourth-order valence-corrected chi connectivity index (χ4v) is 7.59. The van der Waals surface area contributed by atoms with Gasteiger partial charge < -0.3 is 14.2 Å². The van der Waals surface area contributed by atoms with Crippen molar-refractivity contribution in [3.63, 3.8) is 0 Å². The van der Waals surface area contributed by atoms with Crippen LogP contribution in [0.1, 0.15) is 182 Å². The van der Waals surface area contributed by atoms with E-state index in [1.165, 1.54) is 57.8 Å². The highest BCUT2D eigenvalue weighted by molar-refractivity contribution is 5.95. The quantitative estimate of drug-likeness (QED) is 0.0307. The summed E-state index contributed by atoms with van der Waals surface area (Å²) in [4.78, 5) is 49.9. The van der Waals surface area contributed by atoms with Gasteiger partial charge in [-0.1, -0.05) is 142 Å². The number of carbonyl (C=O) groups excluding carboxylic acids is 4. The van der Waals surface area contributed by atoms with Crippen molar-refractivity contribution in [3.05, 3.63) is 24.3 Å². The summed E-state index contributed by atoms with van der Waals surface area (Å²) in [5, 5.41) is 0. The van der Waals surface area contributed by atoms with Gasteiger partial charge in [0, 0.05) is 5.92 Å². The fourth-order valence-electron chi connectivity index (χ4n) is 7.59. The van der Waals surface area contributed by atoms with E-state index in [1.807, 2.05) is 0 Å². The zero-order valence-electron chi connectivity index (χ0n) is 32.3. The molecule has 2 heterocycles. The van der Waals surface area contributed by atoms with Crippen molar-refractivity contribution in [1.29, 1.82) is 0 Å². The Morgan fingerprint density at radius 1 is 0.580 bits per heavy atom. The van der Waals surface area contributed by atoms with E-state index in [2.05, 4.69) is 52.0 Å². The second-order valence-corrected chi connectivity index (χ2v) is 15.1. The number of hydrogen-bond acceptors (Lipinski definition) is 7. The third-order valence-corrected chi connectivity index (χ3v) is 10.7. The Kier molecular flexibility index (Phi) is 24.0. The lowest BCUT2D eigenvalue weighted by atomic mass is 9.80. The molecule has 0 amide bonds. The molecule has 6 atom stereocenters. The molecule has 286 valence electrons. The van der Waals surface area contributed by atoms with E-state index in [1.54, 1.807) is 0 Å². The molecule has 0 N–H and O–H groups in total. The zero-order chi connectivity index (χ0) is 36.4. The van der Waals surface area contributed by atoms with Crippen LogP contribution in [0.4, 0.5) is 0 Å². The Morgan fingerprint density at radius 2 is 1.02 bits per heavy atom. The minimum Gasteiger partial charge on any atom is -0.393 e. The van der Waals surface area contributed by atoms with Crippen molar-refractivity contribution in [2.75, 3.05) is 6.61 Å². The van der Waals surface area contributed by atoms with Crippen LogP contribution >= 0.6 is 0 Å². The Balaban J connectivity index is 2.26. The summed E-state index contributed by atoms with van der Waals surface area (Å²) in [6, 6.07) is 0. The van der Waals surface area contributed by atoms with Crippen molar-refractivity contribution < 1.29 is 33.4 Å². The normalized spacial score (nSPS) is 20.6. The zero-order valence-corrected chi connectivity index (χ0v) is 32.3. The molecular weight excluding hydrogens is 628 g/mol. The number of ether oxygens (including phenoxy) is 3. The number of esters is 4. The molecule has 50 heavy (non-hydrogen) atoms. The van der Waals surface area contributed by atoms with Crippen LogP contribution in [0.25, 0.3) is 0 Å². The van der Waals surface area contributed by atoms with Crippen LogP contribution in [-0.2, 0) is 33.4 Å². The van der Waals surface area contributed by atoms with Gasteiger partial charge in [-0.05, 0) is 63.2 Å². The lowest BCUT2D eigenvalue weighted by Gasteiger charge is -2.28. The van der Waals surface area contributed by atoms with Gasteiger partial charge in [-0.15, -0.1) is 0 Å². The maximum absolute atomic E-state index is 12.8. The van der Waals surface area contributed by atoms with Gasteiger partial charge in [0.1, 0.15) is 0 Å². The maximum Gasteiger partial charge on any atom is 0.317 e. The summed E-state index contributed by atoms with van der Waals surface area (Å²) in [7, 11) is 0. The second-order valence-electron chi connectivity index (χ2n) is 15.1. The van der Waals surface area contributed by atoms with Gasteiger partial charge >= 0.3 is 23.9 Å². The molecule has 2 saturated heterocycles. The molecule has 0 aromatic rings. The van der Waals surface area contributed by atoms with Gasteiger partial charge in [-0.3, -0.25) is 19.2 Å². The second kappa shape index (κ2) is 27.4. The summed E-state index contributed by atoms with van der Waals surface area (Å²) >= 11 is 0. The van der Waals surface area contributed by atoms with Crippen LogP contribution in [0.15, 0.2) is 24.3 Å². The molecule has 2 aliphatic rings. The first-order chi connectivity index (χ1) is 24.3. The molecule has 0 spiro atoms. The number of rotatable bonds is 31. The Labute approximate surface area is 305 Å². The van der Waals surface area contributed by atoms with Gasteiger partial charge in [-0.2, -0.15) is 0 Å². The standard InChI is InChI=1S/C43H72O7/c1-5-9-13-17-21-25-34(29-35(26-22-18-14-10-6-2)38-31-40(44)49-42(38)46)33-48-37(28-24-20-16-12-8-4)30-36(27-23-19-15-11-7-3)39-32-41(45)50-43(39)47/h21,24-25,28,34-39H,5-20,22-23,26-27,29-33H2,1-4H3/b25-21+,28-24+. The average Bonchev–Trinajstić information content (AvgIpc) is 3.62. The van der Waals surface area contributed by atoms with E-state index in [-0.39, 0.29) is 54.6 Å². The SMILES string of the molecule is CCCCC/C=C/C(COC(/C=C/CCCCC)CC(CCCCCCC)C1CC(=O)OC1=O)CC(CCCCCCC)C1CC(=O)OC1=O. The van der Waals surface area contributed by atoms with Crippen LogP contribution in [0.5, 0.6) is 0 Å². The summed E-state index contributed by atoms with van der Waals surface area (Å²) in [5.74, 6) is -2.21. The van der Waals surface area contributed by atoms with Crippen molar-refractivity contribution in [3.8, 4) is 0 Å². The minimum absolute atomic E-state index is 0.0130. The van der Waals surface area contributed by atoms with Crippen molar-refractivity contribution in [1.82, 2.24) is 0 Å². The monoisotopic (exact) mass is 701 g/mol. The van der Waals surface area contributed by atoms with E-state index in [9.17, 15) is 19.2 Å². The van der Waals surface area contributed by atoms with Crippen molar-refractivity contribution in [2.24, 2.45) is 29.6 Å². The van der Waals surface area contributed by atoms with Crippen LogP contribution in [0.2, 0.25) is 0 Å². The van der Waals surface area contributed by atoms with Crippen LogP contribution in [0.3, 0.4) is 0 Å². The Hall–Kier alpha value is -2.28. The van der Waals surface area contributed by atoms with Crippen LogP contribution in [-0.4, -0.2) is 36.6 Å². The number of unbranched alkanes of at least 4 members (excludes halogenated alkanes) is 14. The highest BCUT2D eigenvalue weighted by Gasteiger charge is 2.41. The summed E-state index contributed by atoms with van der Waals surface area (Å²) in [6.45, 7) is 9.33. The molecule has 7 nitrogen and oxygen atoms in total. The number of cyclic esters (lactones) is 4. The average molecular weight is 701 g/mol. The molecule has 0 aromatic heterocycles. The molecule has 2 fully saturated rings. The Bertz CT molecular complexity index is 937. The molecule has 0 bridgehead atoms. The van der Waals surface area contributed by atoms with Gasteiger partial charge in [0.05, 0.1) is 37.4 Å². The molecule has 0 saturated carbocycles. The summed E-state index contributed by atoms with van der Waals surface area (Å²) in [6.07, 6.45) is 32.7. The number of hydrogen-bond donors (Lipinski definition) is 0. The predicted molar refractivity (Wildman–Crippen MR) is 201 cm³/mol. The first kappa shape index (κ1) is 43.9. The lowest BCUT2D eigenvalue weighted by Crippen LogP contribution is -2.27. The van der Waals surface area contributed by atoms with E-state index in [4.69, 9.17) is 14.2 Å². The molecule has 0 aromatic carbocycles. The first-order valence-corrected chi connectivity index (χ1v) is 20.8. The van der Waals surface area contributed by atoms with Gasteiger partial charge in [-0.25, -0.2) is 0 Å². The van der Waals surface area contributed by atoms with E-state index in [0.29, 0.717) is 13.0 Å². The summed E-state index contributed by atoms with van der Waals surface area (Å²) in [5.41, 5.74) is 0. The minimum atomic E-state index is -0.415. The van der Waals surface area contributed by atoms with E-state index >= 15 is 0 Å². The van der Waals surface area contributed by atoms with Crippen LogP contribution < -0.4 is 0 Å². The molecule has 0 aliphatic carbocycles.